The minimum absolute atomic E-state index is 0.728. The van der Waals surface area contributed by atoms with Crippen LogP contribution in [-0.2, 0) is 4.79 Å². The summed E-state index contributed by atoms with van der Waals surface area (Å²) in [5.41, 5.74) is 1.23. The van der Waals surface area contributed by atoms with Gasteiger partial charge in [0.05, 0.1) is 0 Å². The molecule has 3 nitrogen and oxygen atoms in total. The monoisotopic (exact) mass is 164 g/mol. The summed E-state index contributed by atoms with van der Waals surface area (Å²) in [6.45, 7) is 2.76. The highest BCUT2D eigenvalue weighted by Gasteiger charge is 1.97. The summed E-state index contributed by atoms with van der Waals surface area (Å²) in [7, 11) is 0. The van der Waals surface area contributed by atoms with E-state index in [0.717, 1.165) is 19.4 Å². The summed E-state index contributed by atoms with van der Waals surface area (Å²) < 4.78 is 0. The third kappa shape index (κ3) is 2.70. The van der Waals surface area contributed by atoms with Gasteiger partial charge < -0.3 is 4.90 Å². The van der Waals surface area contributed by atoms with Crippen molar-refractivity contribution >= 4 is 12.6 Å². The van der Waals surface area contributed by atoms with Crippen LogP contribution in [0.3, 0.4) is 0 Å². The molecule has 0 saturated carbocycles. The molecule has 0 radical (unpaired) electrons. The van der Waals surface area contributed by atoms with E-state index in [-0.39, 0.29) is 0 Å². The predicted octanol–water partition coefficient (Wildman–Crippen LogP) is 1.34. The van der Waals surface area contributed by atoms with Crippen LogP contribution in [0.5, 0.6) is 0 Å². The maximum absolute atomic E-state index is 10.4. The van der Waals surface area contributed by atoms with Gasteiger partial charge in [0.1, 0.15) is 0 Å². The van der Waals surface area contributed by atoms with Crippen molar-refractivity contribution in [1.29, 1.82) is 0 Å². The second-order valence-corrected chi connectivity index (χ2v) is 2.70. The molecule has 12 heavy (non-hydrogen) atoms. The highest BCUT2D eigenvalue weighted by Crippen LogP contribution is 2.02. The maximum atomic E-state index is 10.4. The Morgan fingerprint density at radius 1 is 1.67 bits per heavy atom. The first-order chi connectivity index (χ1) is 5.83. The highest BCUT2D eigenvalue weighted by atomic mass is 16.1. The molecule has 1 heterocycles. The zero-order chi connectivity index (χ0) is 8.81. The zero-order valence-electron chi connectivity index (χ0n) is 7.10. The number of nitrogens with zero attached hydrogens (tertiary/aromatic N) is 2. The number of aliphatic imine (C=N–C) groups is 1. The molecule has 64 valence electrons. The van der Waals surface area contributed by atoms with Gasteiger partial charge in [0.25, 0.3) is 0 Å². The SMILES string of the molecule is C\C1=C/C=N\C=C\N(C=O)CC1. The summed E-state index contributed by atoms with van der Waals surface area (Å²) in [5, 5.41) is 0. The van der Waals surface area contributed by atoms with Crippen molar-refractivity contribution in [3.05, 3.63) is 24.0 Å². The van der Waals surface area contributed by atoms with Crippen LogP contribution in [0.1, 0.15) is 13.3 Å². The van der Waals surface area contributed by atoms with Crippen LogP contribution in [0.2, 0.25) is 0 Å². The van der Waals surface area contributed by atoms with Gasteiger partial charge in [0.15, 0.2) is 0 Å². The van der Waals surface area contributed by atoms with E-state index in [0.29, 0.717) is 0 Å². The minimum Gasteiger partial charge on any atom is -0.320 e. The number of hydrogen-bond donors (Lipinski definition) is 0. The molecule has 0 bridgehead atoms. The first kappa shape index (κ1) is 8.71. The van der Waals surface area contributed by atoms with E-state index in [2.05, 4.69) is 4.99 Å². The largest absolute Gasteiger partial charge is 0.320 e. The van der Waals surface area contributed by atoms with E-state index in [9.17, 15) is 4.79 Å². The quantitative estimate of drug-likeness (QED) is 0.538. The molecule has 0 aliphatic carbocycles. The lowest BCUT2D eigenvalue weighted by atomic mass is 10.2. The summed E-state index contributed by atoms with van der Waals surface area (Å²) in [6.07, 6.45) is 8.69. The van der Waals surface area contributed by atoms with Crippen LogP contribution in [0, 0.1) is 0 Å². The first-order valence-corrected chi connectivity index (χ1v) is 3.89. The van der Waals surface area contributed by atoms with Gasteiger partial charge in [-0.2, -0.15) is 0 Å². The molecule has 1 rings (SSSR count). The molecule has 1 amide bonds. The first-order valence-electron chi connectivity index (χ1n) is 3.89. The Labute approximate surface area is 72.1 Å². The number of carbonyl (C=O) groups excluding carboxylic acids is 1. The van der Waals surface area contributed by atoms with Gasteiger partial charge in [0, 0.05) is 25.2 Å². The van der Waals surface area contributed by atoms with Crippen molar-refractivity contribution < 1.29 is 4.79 Å². The number of carbonyl (C=O) groups is 1. The standard InChI is InChI=1S/C9H12N2O/c1-9-2-4-10-5-7-11(8-12)6-3-9/h2,4-5,7-8H,3,6H2,1H3/b7-5+,9-2+,10-4-. The average molecular weight is 164 g/mol. The van der Waals surface area contributed by atoms with E-state index in [1.807, 2.05) is 13.0 Å². The van der Waals surface area contributed by atoms with Gasteiger partial charge in [-0.25, -0.2) is 0 Å². The van der Waals surface area contributed by atoms with E-state index in [1.54, 1.807) is 23.5 Å². The van der Waals surface area contributed by atoms with Gasteiger partial charge in [-0.3, -0.25) is 9.79 Å². The van der Waals surface area contributed by atoms with Crippen LogP contribution in [-0.4, -0.2) is 24.1 Å². The number of hydrogen-bond acceptors (Lipinski definition) is 2. The van der Waals surface area contributed by atoms with E-state index < -0.39 is 0 Å². The Morgan fingerprint density at radius 3 is 3.25 bits per heavy atom. The van der Waals surface area contributed by atoms with Gasteiger partial charge in [-0.15, -0.1) is 0 Å². The third-order valence-corrected chi connectivity index (χ3v) is 1.69. The summed E-state index contributed by atoms with van der Waals surface area (Å²) in [6, 6.07) is 0. The number of amides is 1. The Hall–Kier alpha value is -1.38. The summed E-state index contributed by atoms with van der Waals surface area (Å²) in [4.78, 5) is 16.0. The molecular formula is C9H12N2O. The molecule has 0 aromatic carbocycles. The van der Waals surface area contributed by atoms with E-state index in [4.69, 9.17) is 0 Å². The molecule has 1 aliphatic heterocycles. The van der Waals surface area contributed by atoms with Crippen molar-refractivity contribution in [3.8, 4) is 0 Å². The molecule has 1 aliphatic rings. The van der Waals surface area contributed by atoms with Crippen LogP contribution in [0.4, 0.5) is 0 Å². The third-order valence-electron chi connectivity index (χ3n) is 1.69. The lowest BCUT2D eigenvalue weighted by Crippen LogP contribution is -2.15. The van der Waals surface area contributed by atoms with Gasteiger partial charge in [0.2, 0.25) is 6.41 Å². The minimum atomic E-state index is 0.728. The molecule has 0 aromatic heterocycles. The molecule has 0 spiro atoms. The van der Waals surface area contributed by atoms with E-state index >= 15 is 0 Å². The number of rotatable bonds is 1. The fourth-order valence-electron chi connectivity index (χ4n) is 0.895. The van der Waals surface area contributed by atoms with Crippen LogP contribution in [0.25, 0.3) is 0 Å². The Morgan fingerprint density at radius 2 is 2.50 bits per heavy atom. The summed E-state index contributed by atoms with van der Waals surface area (Å²) in [5.74, 6) is 0. The summed E-state index contributed by atoms with van der Waals surface area (Å²) >= 11 is 0. The molecule has 0 atom stereocenters. The van der Waals surface area contributed by atoms with Crippen molar-refractivity contribution in [2.45, 2.75) is 13.3 Å². The Bertz CT molecular complexity index is 241. The smallest absolute Gasteiger partial charge is 0.213 e. The Kier molecular flexibility index (Phi) is 3.26. The molecule has 0 saturated heterocycles. The lowest BCUT2D eigenvalue weighted by Gasteiger charge is -2.10. The molecule has 0 fully saturated rings. The maximum Gasteiger partial charge on any atom is 0.213 e. The Balaban J connectivity index is 2.68. The predicted molar refractivity (Wildman–Crippen MR) is 48.8 cm³/mol. The van der Waals surface area contributed by atoms with Crippen LogP contribution in [0.15, 0.2) is 29.0 Å². The lowest BCUT2D eigenvalue weighted by molar-refractivity contribution is -0.115. The zero-order valence-corrected chi connectivity index (χ0v) is 7.10. The fourth-order valence-corrected chi connectivity index (χ4v) is 0.895. The van der Waals surface area contributed by atoms with Crippen molar-refractivity contribution in [1.82, 2.24) is 4.90 Å². The molecule has 0 N–H and O–H groups in total. The molecule has 3 heteroatoms. The van der Waals surface area contributed by atoms with E-state index in [1.165, 1.54) is 5.57 Å². The van der Waals surface area contributed by atoms with Crippen molar-refractivity contribution in [3.63, 3.8) is 0 Å². The van der Waals surface area contributed by atoms with Gasteiger partial charge >= 0.3 is 0 Å². The number of allylic oxidation sites excluding steroid dienone is 1. The van der Waals surface area contributed by atoms with Gasteiger partial charge in [-0.05, 0) is 19.4 Å². The second kappa shape index (κ2) is 4.49. The molecular weight excluding hydrogens is 152 g/mol. The second-order valence-electron chi connectivity index (χ2n) is 2.70. The highest BCUT2D eigenvalue weighted by molar-refractivity contribution is 5.72. The van der Waals surface area contributed by atoms with Crippen LogP contribution >= 0.6 is 0 Å². The molecule has 0 aromatic rings. The topological polar surface area (TPSA) is 32.7 Å². The average Bonchev–Trinajstić information content (AvgIpc) is 2.17. The normalized spacial score (nSPS) is 27.4. The van der Waals surface area contributed by atoms with Gasteiger partial charge in [-0.1, -0.05) is 5.57 Å². The van der Waals surface area contributed by atoms with Crippen molar-refractivity contribution in [2.24, 2.45) is 4.99 Å². The molecule has 0 unspecified atom stereocenters. The van der Waals surface area contributed by atoms with Crippen LogP contribution < -0.4 is 0 Å². The van der Waals surface area contributed by atoms with Crippen molar-refractivity contribution in [2.75, 3.05) is 6.54 Å². The fraction of sp³-hybridized carbons (Fsp3) is 0.333.